The predicted octanol–water partition coefficient (Wildman–Crippen LogP) is 1.39. The van der Waals surface area contributed by atoms with Crippen molar-refractivity contribution in [1.29, 1.82) is 0 Å². The lowest BCUT2D eigenvalue weighted by Gasteiger charge is -2.33. The molecule has 31 heavy (non-hydrogen) atoms. The highest BCUT2D eigenvalue weighted by Crippen LogP contribution is 2.19. The van der Waals surface area contributed by atoms with Gasteiger partial charge < -0.3 is 15.1 Å². The van der Waals surface area contributed by atoms with E-state index in [0.717, 1.165) is 32.5 Å². The maximum absolute atomic E-state index is 12.9. The van der Waals surface area contributed by atoms with Crippen LogP contribution in [0.15, 0.2) is 29.2 Å². The second kappa shape index (κ2) is 10.1. The highest BCUT2D eigenvalue weighted by molar-refractivity contribution is 7.89. The highest BCUT2D eigenvalue weighted by Gasteiger charge is 2.29. The van der Waals surface area contributed by atoms with E-state index in [9.17, 15) is 18.0 Å². The third-order valence-electron chi connectivity index (χ3n) is 5.98. The number of rotatable bonds is 6. The SMILES string of the molecule is CC(=O)N1CCN(S(=O)(=O)c2ccc(C(=O)NC3CCN(CC(C)C)CC3)cc2)CC1. The van der Waals surface area contributed by atoms with Gasteiger partial charge in [0, 0.05) is 64.3 Å². The first-order valence-corrected chi connectivity index (χ1v) is 12.5. The van der Waals surface area contributed by atoms with E-state index in [4.69, 9.17) is 0 Å². The van der Waals surface area contributed by atoms with Crippen molar-refractivity contribution >= 4 is 21.8 Å². The van der Waals surface area contributed by atoms with Crippen LogP contribution in [-0.2, 0) is 14.8 Å². The number of hydrogen-bond acceptors (Lipinski definition) is 5. The summed E-state index contributed by atoms with van der Waals surface area (Å²) in [5, 5.41) is 3.08. The Hall–Kier alpha value is -1.97. The van der Waals surface area contributed by atoms with Crippen molar-refractivity contribution in [1.82, 2.24) is 19.4 Å². The van der Waals surface area contributed by atoms with Gasteiger partial charge in [-0.15, -0.1) is 0 Å². The zero-order valence-corrected chi connectivity index (χ0v) is 19.5. The molecule has 2 aliphatic rings. The zero-order chi connectivity index (χ0) is 22.6. The fourth-order valence-corrected chi connectivity index (χ4v) is 5.64. The number of benzene rings is 1. The average molecular weight is 451 g/mol. The average Bonchev–Trinajstić information content (AvgIpc) is 2.75. The van der Waals surface area contributed by atoms with Crippen LogP contribution in [0.4, 0.5) is 0 Å². The minimum atomic E-state index is -3.64. The standard InChI is InChI=1S/C22H34N4O4S/c1-17(2)16-24-10-8-20(9-11-24)23-22(28)19-4-6-21(7-5-19)31(29,30)26-14-12-25(13-15-26)18(3)27/h4-7,17,20H,8-16H2,1-3H3,(H,23,28). The molecule has 0 aliphatic carbocycles. The third-order valence-corrected chi connectivity index (χ3v) is 7.90. The Bertz CT molecular complexity index is 869. The Labute approximate surface area is 185 Å². The van der Waals surface area contributed by atoms with E-state index in [2.05, 4.69) is 24.1 Å². The van der Waals surface area contributed by atoms with Gasteiger partial charge in [-0.05, 0) is 43.0 Å². The maximum Gasteiger partial charge on any atom is 0.251 e. The first-order valence-electron chi connectivity index (χ1n) is 11.1. The first-order chi connectivity index (χ1) is 14.7. The summed E-state index contributed by atoms with van der Waals surface area (Å²) in [7, 11) is -3.64. The molecule has 0 spiro atoms. The number of nitrogens with one attached hydrogen (secondary N) is 1. The molecule has 0 saturated carbocycles. The van der Waals surface area contributed by atoms with Crippen LogP contribution in [0.5, 0.6) is 0 Å². The van der Waals surface area contributed by atoms with Gasteiger partial charge >= 0.3 is 0 Å². The van der Waals surface area contributed by atoms with E-state index in [-0.39, 0.29) is 35.8 Å². The minimum absolute atomic E-state index is 0.0435. The monoisotopic (exact) mass is 450 g/mol. The van der Waals surface area contributed by atoms with Crippen molar-refractivity contribution in [3.8, 4) is 0 Å². The topological polar surface area (TPSA) is 90.0 Å². The van der Waals surface area contributed by atoms with Gasteiger partial charge in [-0.25, -0.2) is 8.42 Å². The summed E-state index contributed by atoms with van der Waals surface area (Å²) in [6.07, 6.45) is 1.86. The van der Waals surface area contributed by atoms with Gasteiger partial charge in [0.05, 0.1) is 4.90 Å². The number of likely N-dealkylation sites (tertiary alicyclic amines) is 1. The van der Waals surface area contributed by atoms with Crippen LogP contribution in [0.1, 0.15) is 44.0 Å². The molecule has 9 heteroatoms. The molecule has 1 aromatic carbocycles. The summed E-state index contributed by atoms with van der Waals surface area (Å²) >= 11 is 0. The fourth-order valence-electron chi connectivity index (χ4n) is 4.22. The van der Waals surface area contributed by atoms with Crippen LogP contribution in [0.25, 0.3) is 0 Å². The van der Waals surface area contributed by atoms with Gasteiger partial charge in [0.1, 0.15) is 0 Å². The van der Waals surface area contributed by atoms with E-state index in [1.54, 1.807) is 17.0 Å². The summed E-state index contributed by atoms with van der Waals surface area (Å²) in [5.74, 6) is 0.429. The third kappa shape index (κ3) is 6.05. The molecule has 0 unspecified atom stereocenters. The Balaban J connectivity index is 1.55. The number of hydrogen-bond donors (Lipinski definition) is 1. The second-order valence-corrected chi connectivity index (χ2v) is 10.8. The highest BCUT2D eigenvalue weighted by atomic mass is 32.2. The second-order valence-electron chi connectivity index (χ2n) is 8.88. The van der Waals surface area contributed by atoms with Gasteiger partial charge in [0.25, 0.3) is 5.91 Å². The normalized spacial score (nSPS) is 19.5. The molecular formula is C22H34N4O4S. The Morgan fingerprint density at radius 1 is 1.00 bits per heavy atom. The van der Waals surface area contributed by atoms with Gasteiger partial charge in [0.15, 0.2) is 0 Å². The molecule has 2 amide bonds. The molecule has 0 radical (unpaired) electrons. The van der Waals surface area contributed by atoms with Crippen molar-refractivity contribution in [3.63, 3.8) is 0 Å². The van der Waals surface area contributed by atoms with Crippen molar-refractivity contribution in [3.05, 3.63) is 29.8 Å². The van der Waals surface area contributed by atoms with Crippen molar-refractivity contribution < 1.29 is 18.0 Å². The summed E-state index contributed by atoms with van der Waals surface area (Å²) < 4.78 is 27.2. The summed E-state index contributed by atoms with van der Waals surface area (Å²) in [6.45, 7) is 10.3. The van der Waals surface area contributed by atoms with Crippen LogP contribution >= 0.6 is 0 Å². The van der Waals surface area contributed by atoms with Crippen molar-refractivity contribution in [2.45, 2.75) is 44.6 Å². The van der Waals surface area contributed by atoms with Crippen LogP contribution < -0.4 is 5.32 Å². The Morgan fingerprint density at radius 3 is 2.10 bits per heavy atom. The molecule has 8 nitrogen and oxygen atoms in total. The number of amides is 2. The van der Waals surface area contributed by atoms with Crippen molar-refractivity contribution in [2.24, 2.45) is 5.92 Å². The van der Waals surface area contributed by atoms with E-state index in [0.29, 0.717) is 24.6 Å². The quantitative estimate of drug-likeness (QED) is 0.707. The Morgan fingerprint density at radius 2 is 1.58 bits per heavy atom. The molecule has 2 aliphatic heterocycles. The van der Waals surface area contributed by atoms with E-state index in [1.165, 1.54) is 23.4 Å². The van der Waals surface area contributed by atoms with Crippen LogP contribution in [0.3, 0.4) is 0 Å². The van der Waals surface area contributed by atoms with Gasteiger partial charge in [-0.2, -0.15) is 4.31 Å². The molecule has 0 aromatic heterocycles. The minimum Gasteiger partial charge on any atom is -0.349 e. The van der Waals surface area contributed by atoms with Gasteiger partial charge in [0.2, 0.25) is 15.9 Å². The van der Waals surface area contributed by atoms with Crippen molar-refractivity contribution in [2.75, 3.05) is 45.8 Å². The number of sulfonamides is 1. The first kappa shape index (κ1) is 23.7. The maximum atomic E-state index is 12.9. The van der Waals surface area contributed by atoms with E-state index in [1.807, 2.05) is 0 Å². The summed E-state index contributed by atoms with van der Waals surface area (Å²) in [4.78, 5) is 28.3. The molecule has 0 atom stereocenters. The number of nitrogens with zero attached hydrogens (tertiary/aromatic N) is 3. The summed E-state index contributed by atoms with van der Waals surface area (Å²) in [5.41, 5.74) is 0.463. The Kier molecular flexibility index (Phi) is 7.72. The molecular weight excluding hydrogens is 416 g/mol. The molecule has 2 saturated heterocycles. The van der Waals surface area contributed by atoms with Crippen LogP contribution in [0, 0.1) is 5.92 Å². The van der Waals surface area contributed by atoms with E-state index >= 15 is 0 Å². The largest absolute Gasteiger partial charge is 0.349 e. The molecule has 0 bridgehead atoms. The fraction of sp³-hybridized carbons (Fsp3) is 0.636. The number of carbonyl (C=O) groups excluding carboxylic acids is 2. The number of piperidine rings is 1. The number of carbonyl (C=O) groups is 2. The van der Waals surface area contributed by atoms with Gasteiger partial charge in [-0.1, -0.05) is 13.8 Å². The van der Waals surface area contributed by atoms with Gasteiger partial charge in [-0.3, -0.25) is 9.59 Å². The zero-order valence-electron chi connectivity index (χ0n) is 18.7. The molecule has 3 rings (SSSR count). The van der Waals surface area contributed by atoms with Crippen LogP contribution in [0.2, 0.25) is 0 Å². The van der Waals surface area contributed by atoms with E-state index < -0.39 is 10.0 Å². The molecule has 1 N–H and O–H groups in total. The summed E-state index contributed by atoms with van der Waals surface area (Å²) in [6, 6.07) is 6.28. The number of piperazine rings is 1. The smallest absolute Gasteiger partial charge is 0.251 e. The lowest BCUT2D eigenvalue weighted by Crippen LogP contribution is -2.49. The molecule has 2 fully saturated rings. The van der Waals surface area contributed by atoms with Crippen LogP contribution in [-0.4, -0.2) is 86.2 Å². The lowest BCUT2D eigenvalue weighted by atomic mass is 10.0. The predicted molar refractivity (Wildman–Crippen MR) is 119 cm³/mol. The molecule has 172 valence electrons. The molecule has 2 heterocycles. The lowest BCUT2D eigenvalue weighted by molar-refractivity contribution is -0.129. The molecule has 1 aromatic rings.